The van der Waals surface area contributed by atoms with Crippen molar-refractivity contribution in [1.29, 1.82) is 0 Å². The number of carbonyl (C=O) groups excluding carboxylic acids is 2. The molecular weight excluding hydrogens is 570 g/mol. The lowest BCUT2D eigenvalue weighted by atomic mass is 10.0. The van der Waals surface area contributed by atoms with Crippen molar-refractivity contribution < 1.29 is 18.0 Å². The highest BCUT2D eigenvalue weighted by molar-refractivity contribution is 7.92. The number of hydrogen-bond donors (Lipinski definition) is 1. The van der Waals surface area contributed by atoms with Crippen molar-refractivity contribution >= 4 is 27.5 Å². The minimum absolute atomic E-state index is 0.0828. The molecule has 0 spiro atoms. The van der Waals surface area contributed by atoms with Gasteiger partial charge in [-0.15, -0.1) is 0 Å². The molecule has 0 bridgehead atoms. The van der Waals surface area contributed by atoms with Crippen LogP contribution < -0.4 is 9.62 Å². The summed E-state index contributed by atoms with van der Waals surface area (Å²) in [7, 11) is -4.13. The molecule has 1 N–H and O–H groups in total. The van der Waals surface area contributed by atoms with Crippen molar-refractivity contribution in [3.8, 4) is 0 Å². The fourth-order valence-electron chi connectivity index (χ4n) is 5.13. The van der Waals surface area contributed by atoms with Gasteiger partial charge < -0.3 is 10.2 Å². The molecule has 0 aliphatic heterocycles. The summed E-state index contributed by atoms with van der Waals surface area (Å²) in [6.45, 7) is 7.86. The molecule has 0 saturated carbocycles. The van der Waals surface area contributed by atoms with Crippen molar-refractivity contribution in [2.45, 2.75) is 58.0 Å². The summed E-state index contributed by atoms with van der Waals surface area (Å²) in [6, 6.07) is 30.1. The topological polar surface area (TPSA) is 86.8 Å². The second-order valence-electron chi connectivity index (χ2n) is 11.1. The van der Waals surface area contributed by atoms with Crippen LogP contribution in [-0.4, -0.2) is 44.3 Å². The fourth-order valence-corrected chi connectivity index (χ4v) is 6.63. The van der Waals surface area contributed by atoms with Crippen molar-refractivity contribution in [3.05, 3.63) is 131 Å². The van der Waals surface area contributed by atoms with Gasteiger partial charge in [-0.2, -0.15) is 0 Å². The molecule has 0 aliphatic carbocycles. The summed E-state index contributed by atoms with van der Waals surface area (Å²) >= 11 is 0. The van der Waals surface area contributed by atoms with Crippen molar-refractivity contribution in [2.75, 3.05) is 17.4 Å². The highest BCUT2D eigenvalue weighted by Gasteiger charge is 2.35. The van der Waals surface area contributed by atoms with E-state index in [4.69, 9.17) is 0 Å². The standard InChI is InChI=1S/C36H41N3O4S/c1-5-22-37-36(41)34(24-30-12-8-6-9-13-30)38(25-31-19-16-27(2)17-20-31)35(40)26-39(33-21-18-28(3)23-29(33)4)44(42,43)32-14-10-7-11-15-32/h6-21,23,34H,5,22,24-26H2,1-4H3,(H,37,41). The van der Waals surface area contributed by atoms with Crippen LogP contribution in [0.2, 0.25) is 0 Å². The number of carbonyl (C=O) groups is 2. The summed E-state index contributed by atoms with van der Waals surface area (Å²) in [6.07, 6.45) is 1.02. The van der Waals surface area contributed by atoms with Crippen LogP contribution in [0.15, 0.2) is 108 Å². The Morgan fingerprint density at radius 1 is 0.773 bits per heavy atom. The van der Waals surface area contributed by atoms with Crippen LogP contribution in [0.4, 0.5) is 5.69 Å². The van der Waals surface area contributed by atoms with E-state index in [2.05, 4.69) is 5.32 Å². The number of rotatable bonds is 13. The van der Waals surface area contributed by atoms with E-state index in [9.17, 15) is 18.0 Å². The molecule has 7 nitrogen and oxygen atoms in total. The largest absolute Gasteiger partial charge is 0.354 e. The third-order valence-corrected chi connectivity index (χ3v) is 9.30. The van der Waals surface area contributed by atoms with Crippen LogP contribution in [0.25, 0.3) is 0 Å². The van der Waals surface area contributed by atoms with E-state index in [1.165, 1.54) is 21.3 Å². The number of sulfonamides is 1. The lowest BCUT2D eigenvalue weighted by Gasteiger charge is -2.34. The normalized spacial score (nSPS) is 11.9. The predicted octanol–water partition coefficient (Wildman–Crippen LogP) is 5.97. The number of hydrogen-bond acceptors (Lipinski definition) is 4. The van der Waals surface area contributed by atoms with Gasteiger partial charge >= 0.3 is 0 Å². The number of nitrogens with one attached hydrogen (secondary N) is 1. The number of anilines is 1. The van der Waals surface area contributed by atoms with Gasteiger partial charge in [0, 0.05) is 19.5 Å². The number of nitrogens with zero attached hydrogens (tertiary/aromatic N) is 2. The molecule has 0 fully saturated rings. The Balaban J connectivity index is 1.81. The van der Waals surface area contributed by atoms with Gasteiger partial charge in [-0.3, -0.25) is 13.9 Å². The first kappa shape index (κ1) is 32.5. The highest BCUT2D eigenvalue weighted by Crippen LogP contribution is 2.28. The molecule has 1 atom stereocenters. The van der Waals surface area contributed by atoms with Gasteiger partial charge in [0.05, 0.1) is 10.6 Å². The maximum Gasteiger partial charge on any atom is 0.264 e. The van der Waals surface area contributed by atoms with E-state index in [1.54, 1.807) is 24.3 Å². The first-order valence-corrected chi connectivity index (χ1v) is 16.4. The van der Waals surface area contributed by atoms with Crippen LogP contribution in [0.5, 0.6) is 0 Å². The summed E-state index contributed by atoms with van der Waals surface area (Å²) < 4.78 is 29.4. The van der Waals surface area contributed by atoms with Gasteiger partial charge in [0.25, 0.3) is 10.0 Å². The zero-order valence-corrected chi connectivity index (χ0v) is 26.7. The van der Waals surface area contributed by atoms with Gasteiger partial charge in [0.1, 0.15) is 12.6 Å². The second-order valence-corrected chi connectivity index (χ2v) is 13.0. The lowest BCUT2D eigenvalue weighted by molar-refractivity contribution is -0.140. The molecule has 1 unspecified atom stereocenters. The van der Waals surface area contributed by atoms with Crippen molar-refractivity contribution in [3.63, 3.8) is 0 Å². The van der Waals surface area contributed by atoms with Crippen LogP contribution in [0.1, 0.15) is 41.2 Å². The van der Waals surface area contributed by atoms with E-state index in [0.717, 1.165) is 34.2 Å². The Hall–Kier alpha value is -4.43. The van der Waals surface area contributed by atoms with E-state index >= 15 is 0 Å². The summed E-state index contributed by atoms with van der Waals surface area (Å²) in [5.74, 6) is -0.752. The molecule has 0 saturated heterocycles. The minimum Gasteiger partial charge on any atom is -0.354 e. The van der Waals surface area contributed by atoms with E-state index < -0.39 is 28.5 Å². The minimum atomic E-state index is -4.13. The zero-order chi connectivity index (χ0) is 31.7. The Bertz CT molecular complexity index is 1660. The van der Waals surface area contributed by atoms with Crippen LogP contribution in [-0.2, 0) is 32.6 Å². The van der Waals surface area contributed by atoms with E-state index in [1.807, 2.05) is 94.4 Å². The summed E-state index contributed by atoms with van der Waals surface area (Å²) in [4.78, 5) is 29.8. The van der Waals surface area contributed by atoms with Gasteiger partial charge in [-0.25, -0.2) is 8.42 Å². The number of aryl methyl sites for hydroxylation is 3. The molecule has 230 valence electrons. The quantitative estimate of drug-likeness (QED) is 0.202. The van der Waals surface area contributed by atoms with Crippen molar-refractivity contribution in [2.24, 2.45) is 0 Å². The molecule has 44 heavy (non-hydrogen) atoms. The molecule has 4 aromatic carbocycles. The Morgan fingerprint density at radius 2 is 1.39 bits per heavy atom. The molecule has 0 aromatic heterocycles. The van der Waals surface area contributed by atoms with Crippen LogP contribution in [0.3, 0.4) is 0 Å². The van der Waals surface area contributed by atoms with E-state index in [-0.39, 0.29) is 23.8 Å². The van der Waals surface area contributed by atoms with Crippen molar-refractivity contribution in [1.82, 2.24) is 10.2 Å². The average Bonchev–Trinajstić information content (AvgIpc) is 3.02. The van der Waals surface area contributed by atoms with Gasteiger partial charge in [0.2, 0.25) is 11.8 Å². The SMILES string of the molecule is CCCNC(=O)C(Cc1ccccc1)N(Cc1ccc(C)cc1)C(=O)CN(c1ccc(C)cc1C)S(=O)(=O)c1ccccc1. The monoisotopic (exact) mass is 611 g/mol. The predicted molar refractivity (Wildman–Crippen MR) is 176 cm³/mol. The summed E-state index contributed by atoms with van der Waals surface area (Å²) in [5.41, 5.74) is 4.93. The maximum atomic E-state index is 14.5. The Morgan fingerprint density at radius 3 is 2.00 bits per heavy atom. The average molecular weight is 612 g/mol. The van der Waals surface area contributed by atoms with Gasteiger partial charge in [0.15, 0.2) is 0 Å². The second kappa shape index (κ2) is 14.8. The summed E-state index contributed by atoms with van der Waals surface area (Å²) in [5, 5.41) is 2.97. The Labute approximate surface area is 261 Å². The third kappa shape index (κ3) is 8.14. The molecule has 0 heterocycles. The zero-order valence-electron chi connectivity index (χ0n) is 25.9. The first-order valence-electron chi connectivity index (χ1n) is 14.9. The molecule has 8 heteroatoms. The van der Waals surface area contributed by atoms with E-state index in [0.29, 0.717) is 12.2 Å². The number of amides is 2. The molecule has 4 aromatic rings. The molecule has 0 aliphatic rings. The molecule has 4 rings (SSSR count). The smallest absolute Gasteiger partial charge is 0.264 e. The molecule has 0 radical (unpaired) electrons. The third-order valence-electron chi connectivity index (χ3n) is 7.52. The first-order chi connectivity index (χ1) is 21.1. The molecular formula is C36H41N3O4S. The van der Waals surface area contributed by atoms with Crippen LogP contribution >= 0.6 is 0 Å². The maximum absolute atomic E-state index is 14.5. The Kier molecular flexibility index (Phi) is 11.0. The van der Waals surface area contributed by atoms with Crippen LogP contribution in [0, 0.1) is 20.8 Å². The lowest BCUT2D eigenvalue weighted by Crippen LogP contribution is -2.53. The fraction of sp³-hybridized carbons (Fsp3) is 0.278. The molecule has 2 amide bonds. The van der Waals surface area contributed by atoms with Gasteiger partial charge in [-0.05, 0) is 62.1 Å². The highest BCUT2D eigenvalue weighted by atomic mass is 32.2. The van der Waals surface area contributed by atoms with Gasteiger partial charge in [-0.1, -0.05) is 103 Å². The number of benzene rings is 4.